The first-order valence-corrected chi connectivity index (χ1v) is 7.33. The number of carbonyl (C=O) groups is 1. The summed E-state index contributed by atoms with van der Waals surface area (Å²) in [5.41, 5.74) is 0.110. The highest BCUT2D eigenvalue weighted by Gasteiger charge is 2.19. The van der Waals surface area contributed by atoms with Gasteiger partial charge in [-0.05, 0) is 45.0 Å². The van der Waals surface area contributed by atoms with Crippen LogP contribution in [0.25, 0.3) is 0 Å². The van der Waals surface area contributed by atoms with Gasteiger partial charge < -0.3 is 5.32 Å². The highest BCUT2D eigenvalue weighted by Crippen LogP contribution is 2.14. The summed E-state index contributed by atoms with van der Waals surface area (Å²) in [5.74, 6) is -0.221. The van der Waals surface area contributed by atoms with Crippen LogP contribution in [0.4, 0.5) is 0 Å². The summed E-state index contributed by atoms with van der Waals surface area (Å²) in [7, 11) is -0.517. The van der Waals surface area contributed by atoms with Crippen LogP contribution < -0.4 is 5.32 Å². The molecule has 0 unspecified atom stereocenters. The summed E-state index contributed by atoms with van der Waals surface area (Å²) in [6.07, 6.45) is 0. The van der Waals surface area contributed by atoms with Gasteiger partial charge in [-0.2, -0.15) is 0 Å². The molecule has 0 aliphatic rings. The van der Waals surface area contributed by atoms with Gasteiger partial charge in [-0.25, -0.2) is 12.7 Å². The van der Waals surface area contributed by atoms with E-state index < -0.39 is 10.0 Å². The van der Waals surface area contributed by atoms with Gasteiger partial charge in [0, 0.05) is 25.2 Å². The lowest BCUT2D eigenvalue weighted by Crippen LogP contribution is -2.40. The van der Waals surface area contributed by atoms with Crippen LogP contribution in [0.2, 0.25) is 0 Å². The maximum atomic E-state index is 11.9. The van der Waals surface area contributed by atoms with Crippen molar-refractivity contribution >= 4 is 15.9 Å². The lowest BCUT2D eigenvalue weighted by molar-refractivity contribution is 0.0919. The fraction of sp³-hybridized carbons (Fsp3) is 0.462. The SMILES string of the molecule is CN(C)S(=O)(=O)c1ccc(C(=O)NC(C)(C)C)cc1. The fourth-order valence-electron chi connectivity index (χ4n) is 1.40. The smallest absolute Gasteiger partial charge is 0.251 e. The minimum absolute atomic E-state index is 0.171. The Balaban J connectivity index is 2.98. The van der Waals surface area contributed by atoms with Crippen LogP contribution in [-0.2, 0) is 10.0 Å². The van der Waals surface area contributed by atoms with E-state index in [2.05, 4.69) is 5.32 Å². The molecule has 0 aliphatic heterocycles. The molecule has 106 valence electrons. The largest absolute Gasteiger partial charge is 0.347 e. The number of hydrogen-bond donors (Lipinski definition) is 1. The number of rotatable bonds is 3. The zero-order chi connectivity index (χ0) is 14.8. The molecule has 0 aromatic heterocycles. The maximum absolute atomic E-state index is 11.9. The molecule has 1 N–H and O–H groups in total. The Bertz CT molecular complexity index is 555. The number of benzene rings is 1. The standard InChI is InChI=1S/C13H20N2O3S/c1-13(2,3)14-12(16)10-6-8-11(9-7-10)19(17,18)15(4)5/h6-9H,1-5H3,(H,14,16). The molecule has 1 aromatic rings. The molecule has 6 heteroatoms. The summed E-state index contributed by atoms with van der Waals surface area (Å²) < 4.78 is 24.9. The third-order valence-corrected chi connectivity index (χ3v) is 4.21. The van der Waals surface area contributed by atoms with Crippen LogP contribution in [-0.4, -0.2) is 38.3 Å². The fourth-order valence-corrected chi connectivity index (χ4v) is 2.30. The first kappa shape index (κ1) is 15.7. The molecule has 5 nitrogen and oxygen atoms in total. The van der Waals surface area contributed by atoms with Crippen LogP contribution in [0, 0.1) is 0 Å². The van der Waals surface area contributed by atoms with E-state index in [1.165, 1.54) is 38.4 Å². The lowest BCUT2D eigenvalue weighted by Gasteiger charge is -2.20. The van der Waals surface area contributed by atoms with Gasteiger partial charge in [-0.1, -0.05) is 0 Å². The van der Waals surface area contributed by atoms with Crippen molar-refractivity contribution in [2.75, 3.05) is 14.1 Å². The predicted octanol–water partition coefficient (Wildman–Crippen LogP) is 1.47. The monoisotopic (exact) mass is 284 g/mol. The van der Waals surface area contributed by atoms with E-state index in [0.29, 0.717) is 5.56 Å². The molecule has 0 bridgehead atoms. The van der Waals surface area contributed by atoms with Gasteiger partial charge in [-0.3, -0.25) is 4.79 Å². The van der Waals surface area contributed by atoms with Crippen molar-refractivity contribution in [2.45, 2.75) is 31.2 Å². The van der Waals surface area contributed by atoms with Gasteiger partial charge in [0.25, 0.3) is 5.91 Å². The van der Waals surface area contributed by atoms with Crippen LogP contribution in [0.5, 0.6) is 0 Å². The lowest BCUT2D eigenvalue weighted by atomic mass is 10.1. The van der Waals surface area contributed by atoms with Crippen molar-refractivity contribution < 1.29 is 13.2 Å². The van der Waals surface area contributed by atoms with Gasteiger partial charge in [0.15, 0.2) is 0 Å². The van der Waals surface area contributed by atoms with Crippen molar-refractivity contribution in [1.82, 2.24) is 9.62 Å². The van der Waals surface area contributed by atoms with E-state index in [1.54, 1.807) is 0 Å². The van der Waals surface area contributed by atoms with Crippen LogP contribution in [0.3, 0.4) is 0 Å². The summed E-state index contributed by atoms with van der Waals surface area (Å²) in [5, 5.41) is 2.82. The summed E-state index contributed by atoms with van der Waals surface area (Å²) in [6, 6.07) is 5.90. The van der Waals surface area contributed by atoms with Crippen molar-refractivity contribution in [2.24, 2.45) is 0 Å². The molecule has 0 atom stereocenters. The zero-order valence-electron chi connectivity index (χ0n) is 11.9. The zero-order valence-corrected chi connectivity index (χ0v) is 12.7. The minimum atomic E-state index is -3.45. The highest BCUT2D eigenvalue weighted by atomic mass is 32.2. The van der Waals surface area contributed by atoms with E-state index in [4.69, 9.17) is 0 Å². The first-order chi connectivity index (χ1) is 8.54. The molecule has 0 radical (unpaired) electrons. The molecular weight excluding hydrogens is 264 g/mol. The molecule has 0 saturated heterocycles. The first-order valence-electron chi connectivity index (χ1n) is 5.89. The average molecular weight is 284 g/mol. The van der Waals surface area contributed by atoms with E-state index in [0.717, 1.165) is 4.31 Å². The Morgan fingerprint density at radius 3 is 1.95 bits per heavy atom. The second-order valence-corrected chi connectivity index (χ2v) is 7.67. The van der Waals surface area contributed by atoms with E-state index >= 15 is 0 Å². The molecule has 0 saturated carbocycles. The summed E-state index contributed by atoms with van der Waals surface area (Å²) in [4.78, 5) is 12.1. The van der Waals surface area contributed by atoms with E-state index in [-0.39, 0.29) is 16.3 Å². The Morgan fingerprint density at radius 1 is 1.11 bits per heavy atom. The Labute approximate surface area is 114 Å². The van der Waals surface area contributed by atoms with Crippen LogP contribution in [0.15, 0.2) is 29.2 Å². The maximum Gasteiger partial charge on any atom is 0.251 e. The Morgan fingerprint density at radius 2 is 1.58 bits per heavy atom. The molecule has 0 heterocycles. The highest BCUT2D eigenvalue weighted by molar-refractivity contribution is 7.89. The minimum Gasteiger partial charge on any atom is -0.347 e. The molecule has 1 aromatic carbocycles. The van der Waals surface area contributed by atoms with Gasteiger partial charge >= 0.3 is 0 Å². The van der Waals surface area contributed by atoms with Gasteiger partial charge in [-0.15, -0.1) is 0 Å². The summed E-state index contributed by atoms with van der Waals surface area (Å²) >= 11 is 0. The third-order valence-electron chi connectivity index (χ3n) is 2.38. The van der Waals surface area contributed by atoms with Gasteiger partial charge in [0.05, 0.1) is 4.90 Å². The van der Waals surface area contributed by atoms with Crippen molar-refractivity contribution in [3.8, 4) is 0 Å². The predicted molar refractivity (Wildman–Crippen MR) is 74.5 cm³/mol. The molecule has 0 spiro atoms. The second-order valence-electron chi connectivity index (χ2n) is 5.52. The topological polar surface area (TPSA) is 66.5 Å². The number of amides is 1. The van der Waals surface area contributed by atoms with E-state index in [1.807, 2.05) is 20.8 Å². The second kappa shape index (κ2) is 5.30. The van der Waals surface area contributed by atoms with Crippen LogP contribution in [0.1, 0.15) is 31.1 Å². The van der Waals surface area contributed by atoms with Crippen LogP contribution >= 0.6 is 0 Å². The Kier molecular flexibility index (Phi) is 4.37. The number of sulfonamides is 1. The van der Waals surface area contributed by atoms with Gasteiger partial charge in [0.1, 0.15) is 0 Å². The molecule has 1 rings (SSSR count). The van der Waals surface area contributed by atoms with Crippen molar-refractivity contribution in [3.63, 3.8) is 0 Å². The quantitative estimate of drug-likeness (QED) is 0.914. The molecule has 19 heavy (non-hydrogen) atoms. The van der Waals surface area contributed by atoms with Gasteiger partial charge in [0.2, 0.25) is 10.0 Å². The number of carbonyl (C=O) groups excluding carboxylic acids is 1. The molecule has 0 fully saturated rings. The third kappa shape index (κ3) is 4.04. The summed E-state index contributed by atoms with van der Waals surface area (Å²) in [6.45, 7) is 5.65. The molecular formula is C13H20N2O3S. The molecule has 0 aliphatic carbocycles. The van der Waals surface area contributed by atoms with Crippen molar-refractivity contribution in [1.29, 1.82) is 0 Å². The van der Waals surface area contributed by atoms with E-state index in [9.17, 15) is 13.2 Å². The number of nitrogens with zero attached hydrogens (tertiary/aromatic N) is 1. The molecule has 1 amide bonds. The Hall–Kier alpha value is -1.40. The van der Waals surface area contributed by atoms with Crippen molar-refractivity contribution in [3.05, 3.63) is 29.8 Å². The normalized spacial score (nSPS) is 12.5. The number of hydrogen-bond acceptors (Lipinski definition) is 3. The number of nitrogens with one attached hydrogen (secondary N) is 1. The average Bonchev–Trinajstić information content (AvgIpc) is 2.26.